The predicted octanol–water partition coefficient (Wildman–Crippen LogP) is 4.21. The van der Waals surface area contributed by atoms with E-state index in [0.29, 0.717) is 18.3 Å². The minimum Gasteiger partial charge on any atom is -0.309 e. The van der Waals surface area contributed by atoms with Gasteiger partial charge >= 0.3 is 0 Å². The molecule has 1 saturated carbocycles. The van der Waals surface area contributed by atoms with Crippen LogP contribution in [0.15, 0.2) is 42.4 Å². The van der Waals surface area contributed by atoms with Crippen LogP contribution < -0.4 is 4.90 Å². The third kappa shape index (κ3) is 3.07. The van der Waals surface area contributed by atoms with Crippen molar-refractivity contribution in [2.75, 3.05) is 4.90 Å². The molecule has 0 spiro atoms. The molecule has 0 N–H and O–H groups in total. The van der Waals surface area contributed by atoms with Crippen molar-refractivity contribution in [1.82, 2.24) is 29.3 Å². The summed E-state index contributed by atoms with van der Waals surface area (Å²) in [5.74, 6) is 1.96. The van der Waals surface area contributed by atoms with E-state index in [4.69, 9.17) is 4.98 Å². The standard InChI is InChI=1S/C22H21N7OS/c1-13(2)29-12-24-26-20(29)21-25-19(10-31-21)28-8-15-5-6-16(7-17(15)22(28)30)27-9-18(23-11-27)14-3-4-14/h5-7,9-14H,3-4,8H2,1-2H3. The van der Waals surface area contributed by atoms with Gasteiger partial charge in [-0.3, -0.25) is 9.69 Å². The van der Waals surface area contributed by atoms with Gasteiger partial charge in [0.1, 0.15) is 12.1 Å². The van der Waals surface area contributed by atoms with Crippen molar-refractivity contribution in [3.63, 3.8) is 0 Å². The first-order chi connectivity index (χ1) is 15.1. The zero-order valence-electron chi connectivity index (χ0n) is 17.3. The number of imidazole rings is 1. The summed E-state index contributed by atoms with van der Waals surface area (Å²) in [5.41, 5.74) is 3.82. The highest BCUT2D eigenvalue weighted by Gasteiger charge is 2.31. The summed E-state index contributed by atoms with van der Waals surface area (Å²) in [7, 11) is 0. The van der Waals surface area contributed by atoms with Crippen LogP contribution in [0.3, 0.4) is 0 Å². The van der Waals surface area contributed by atoms with Gasteiger partial charge in [0.15, 0.2) is 10.8 Å². The predicted molar refractivity (Wildman–Crippen MR) is 118 cm³/mol. The summed E-state index contributed by atoms with van der Waals surface area (Å²) in [5, 5.41) is 10.9. The molecule has 1 aliphatic heterocycles. The molecular formula is C22H21N7OS. The number of anilines is 1. The van der Waals surface area contributed by atoms with E-state index in [1.165, 1.54) is 24.2 Å². The van der Waals surface area contributed by atoms with Gasteiger partial charge < -0.3 is 9.13 Å². The Balaban J connectivity index is 1.28. The maximum absolute atomic E-state index is 13.2. The first-order valence-corrected chi connectivity index (χ1v) is 11.3. The Kier molecular flexibility index (Phi) is 4.07. The maximum atomic E-state index is 13.2. The van der Waals surface area contributed by atoms with E-state index in [-0.39, 0.29) is 11.9 Å². The molecule has 0 radical (unpaired) electrons. The molecule has 1 aromatic carbocycles. The van der Waals surface area contributed by atoms with Crippen LogP contribution in [0.4, 0.5) is 5.82 Å². The zero-order valence-corrected chi connectivity index (χ0v) is 18.1. The highest BCUT2D eigenvalue weighted by atomic mass is 32.1. The van der Waals surface area contributed by atoms with Gasteiger partial charge in [-0.25, -0.2) is 9.97 Å². The van der Waals surface area contributed by atoms with Crippen molar-refractivity contribution in [3.05, 3.63) is 59.3 Å². The molecule has 0 atom stereocenters. The molecule has 2 aliphatic rings. The quantitative estimate of drug-likeness (QED) is 0.473. The summed E-state index contributed by atoms with van der Waals surface area (Å²) in [4.78, 5) is 24.2. The van der Waals surface area contributed by atoms with E-state index in [1.807, 2.05) is 39.0 Å². The molecule has 0 unspecified atom stereocenters. The molecule has 4 aromatic rings. The van der Waals surface area contributed by atoms with Crippen molar-refractivity contribution in [1.29, 1.82) is 0 Å². The topological polar surface area (TPSA) is 81.7 Å². The fraction of sp³-hybridized carbons (Fsp3) is 0.318. The number of fused-ring (bicyclic) bond motifs is 1. The third-order valence-corrected chi connectivity index (χ3v) is 6.71. The number of hydrogen-bond acceptors (Lipinski definition) is 6. The molecule has 1 aliphatic carbocycles. The molecule has 8 nitrogen and oxygen atoms in total. The van der Waals surface area contributed by atoms with Crippen LogP contribution in [0.5, 0.6) is 0 Å². The SMILES string of the molecule is CC(C)n1cnnc1-c1nc(N2Cc3ccc(-n4cnc(C5CC5)c4)cc3C2=O)cs1. The highest BCUT2D eigenvalue weighted by molar-refractivity contribution is 7.13. The lowest BCUT2D eigenvalue weighted by atomic mass is 10.1. The van der Waals surface area contributed by atoms with Gasteiger partial charge in [-0.2, -0.15) is 0 Å². The van der Waals surface area contributed by atoms with Gasteiger partial charge in [0.2, 0.25) is 0 Å². The van der Waals surface area contributed by atoms with Crippen LogP contribution in [0, 0.1) is 0 Å². The van der Waals surface area contributed by atoms with Gasteiger partial charge in [-0.05, 0) is 44.4 Å². The van der Waals surface area contributed by atoms with Crippen molar-refractivity contribution >= 4 is 23.1 Å². The smallest absolute Gasteiger partial charge is 0.260 e. The Morgan fingerprint density at radius 1 is 1.19 bits per heavy atom. The van der Waals surface area contributed by atoms with Gasteiger partial charge in [-0.1, -0.05) is 6.07 Å². The Labute approximate surface area is 183 Å². The monoisotopic (exact) mass is 431 g/mol. The minimum atomic E-state index is -0.0263. The van der Waals surface area contributed by atoms with E-state index in [9.17, 15) is 4.79 Å². The van der Waals surface area contributed by atoms with Gasteiger partial charge in [-0.15, -0.1) is 21.5 Å². The number of nitrogens with zero attached hydrogens (tertiary/aromatic N) is 7. The van der Waals surface area contributed by atoms with E-state index in [1.54, 1.807) is 11.2 Å². The van der Waals surface area contributed by atoms with Crippen molar-refractivity contribution < 1.29 is 4.79 Å². The summed E-state index contributed by atoms with van der Waals surface area (Å²) >= 11 is 1.48. The largest absolute Gasteiger partial charge is 0.309 e. The first-order valence-electron chi connectivity index (χ1n) is 10.4. The number of thiazole rings is 1. The number of rotatable bonds is 5. The lowest BCUT2D eigenvalue weighted by Crippen LogP contribution is -2.23. The van der Waals surface area contributed by atoms with Crippen LogP contribution in [0.2, 0.25) is 0 Å². The Morgan fingerprint density at radius 3 is 2.87 bits per heavy atom. The van der Waals surface area contributed by atoms with Crippen LogP contribution in [0.1, 0.15) is 60.3 Å². The molecule has 31 heavy (non-hydrogen) atoms. The molecule has 0 saturated heterocycles. The van der Waals surface area contributed by atoms with Gasteiger partial charge in [0, 0.05) is 34.8 Å². The zero-order chi connectivity index (χ0) is 21.1. The van der Waals surface area contributed by atoms with Crippen LogP contribution in [0.25, 0.3) is 16.5 Å². The lowest BCUT2D eigenvalue weighted by molar-refractivity contribution is 0.0996. The molecule has 6 rings (SSSR count). The minimum absolute atomic E-state index is 0.0263. The average molecular weight is 432 g/mol. The number of amides is 1. The van der Waals surface area contributed by atoms with Gasteiger partial charge in [0.05, 0.1) is 18.6 Å². The van der Waals surface area contributed by atoms with E-state index in [0.717, 1.165) is 33.3 Å². The van der Waals surface area contributed by atoms with Crippen LogP contribution >= 0.6 is 11.3 Å². The number of carbonyl (C=O) groups is 1. The Morgan fingerprint density at radius 2 is 2.06 bits per heavy atom. The second-order valence-corrected chi connectivity index (χ2v) is 9.24. The summed E-state index contributed by atoms with van der Waals surface area (Å²) in [6.45, 7) is 4.67. The fourth-order valence-corrected chi connectivity index (χ4v) is 4.76. The second kappa shape index (κ2) is 6.84. The highest BCUT2D eigenvalue weighted by Crippen LogP contribution is 2.39. The van der Waals surface area contributed by atoms with E-state index >= 15 is 0 Å². The number of hydrogen-bond donors (Lipinski definition) is 0. The molecule has 4 heterocycles. The van der Waals surface area contributed by atoms with Crippen LogP contribution in [-0.4, -0.2) is 35.2 Å². The van der Waals surface area contributed by atoms with Crippen molar-refractivity contribution in [2.45, 2.75) is 45.2 Å². The molecule has 0 bridgehead atoms. The third-order valence-electron chi connectivity index (χ3n) is 5.88. The summed E-state index contributed by atoms with van der Waals surface area (Å²) < 4.78 is 3.99. The van der Waals surface area contributed by atoms with E-state index < -0.39 is 0 Å². The lowest BCUT2D eigenvalue weighted by Gasteiger charge is -2.11. The number of aromatic nitrogens is 6. The second-order valence-electron chi connectivity index (χ2n) is 8.38. The first kappa shape index (κ1) is 18.4. The fourth-order valence-electron chi connectivity index (χ4n) is 3.97. The molecule has 9 heteroatoms. The molecule has 3 aromatic heterocycles. The van der Waals surface area contributed by atoms with Crippen molar-refractivity contribution in [3.8, 4) is 16.5 Å². The normalized spacial score (nSPS) is 15.8. The average Bonchev–Trinajstić information content (AvgIpc) is 3.19. The van der Waals surface area contributed by atoms with Gasteiger partial charge in [0.25, 0.3) is 5.91 Å². The molecule has 156 valence electrons. The molecule has 1 fully saturated rings. The van der Waals surface area contributed by atoms with Crippen molar-refractivity contribution in [2.24, 2.45) is 0 Å². The van der Waals surface area contributed by atoms with E-state index in [2.05, 4.69) is 35.2 Å². The number of carbonyl (C=O) groups excluding carboxylic acids is 1. The summed E-state index contributed by atoms with van der Waals surface area (Å²) in [6.07, 6.45) is 8.07. The molecule has 1 amide bonds. The molecular weight excluding hydrogens is 410 g/mol. The Hall–Kier alpha value is -3.33. The van der Waals surface area contributed by atoms with Crippen LogP contribution in [-0.2, 0) is 6.54 Å². The Bertz CT molecular complexity index is 1300. The summed E-state index contributed by atoms with van der Waals surface area (Å²) in [6, 6.07) is 6.27. The maximum Gasteiger partial charge on any atom is 0.260 e. The number of benzene rings is 1.